The second kappa shape index (κ2) is 12.0. The minimum Gasteiger partial charge on any atom is -0.356 e. The number of aryl methyl sites for hydroxylation is 2. The number of benzene rings is 1. The molecule has 0 amide bonds. The van der Waals surface area contributed by atoms with Crippen molar-refractivity contribution in [2.75, 3.05) is 46.3 Å². The topological polar surface area (TPSA) is 55.8 Å². The van der Waals surface area contributed by atoms with E-state index in [9.17, 15) is 0 Å². The Hall–Kier alpha value is -1.96. The summed E-state index contributed by atoms with van der Waals surface area (Å²) in [5.74, 6) is 0.870. The molecule has 2 aromatic rings. The Morgan fingerprint density at radius 1 is 1.03 bits per heavy atom. The first-order chi connectivity index (χ1) is 14.6. The predicted molar refractivity (Wildman–Crippen MR) is 127 cm³/mol. The third-order valence-corrected chi connectivity index (χ3v) is 6.62. The van der Waals surface area contributed by atoms with Crippen LogP contribution in [0.25, 0.3) is 0 Å². The average molecular weight is 429 g/mol. The van der Waals surface area contributed by atoms with Crippen LogP contribution in [-0.2, 0) is 13.1 Å². The molecule has 0 spiro atoms. The molecule has 3 rings (SSSR count). The number of rotatable bonds is 9. The zero-order valence-electron chi connectivity index (χ0n) is 18.7. The lowest BCUT2D eigenvalue weighted by atomic mass is 10.2. The quantitative estimate of drug-likeness (QED) is 0.365. The molecule has 1 aliphatic rings. The molecule has 1 saturated heterocycles. The minimum atomic E-state index is 0.782. The Bertz CT molecular complexity index is 780. The Balaban J connectivity index is 1.25. The summed E-state index contributed by atoms with van der Waals surface area (Å²) in [7, 11) is 1.83. The van der Waals surface area contributed by atoms with Gasteiger partial charge < -0.3 is 15.5 Å². The highest BCUT2D eigenvalue weighted by Gasteiger charge is 2.16. The van der Waals surface area contributed by atoms with Gasteiger partial charge in [0.2, 0.25) is 0 Å². The van der Waals surface area contributed by atoms with Crippen molar-refractivity contribution in [1.82, 2.24) is 25.4 Å². The Kier molecular flexibility index (Phi) is 9.11. The summed E-state index contributed by atoms with van der Waals surface area (Å²) in [5, 5.41) is 7.95. The summed E-state index contributed by atoms with van der Waals surface area (Å²) in [6.45, 7) is 12.8. The molecule has 1 aromatic carbocycles. The van der Waals surface area contributed by atoms with Gasteiger partial charge in [-0.15, -0.1) is 11.3 Å². The third-order valence-electron chi connectivity index (χ3n) is 5.55. The van der Waals surface area contributed by atoms with Crippen molar-refractivity contribution in [3.05, 3.63) is 51.5 Å². The van der Waals surface area contributed by atoms with Crippen LogP contribution in [0.5, 0.6) is 0 Å². The van der Waals surface area contributed by atoms with Crippen LogP contribution >= 0.6 is 11.3 Å². The van der Waals surface area contributed by atoms with Crippen molar-refractivity contribution in [1.29, 1.82) is 0 Å². The van der Waals surface area contributed by atoms with Gasteiger partial charge in [-0.25, -0.2) is 4.98 Å². The molecule has 1 aromatic heterocycles. The van der Waals surface area contributed by atoms with E-state index >= 15 is 0 Å². The predicted octanol–water partition coefficient (Wildman–Crippen LogP) is 3.02. The molecule has 0 unspecified atom stereocenters. The molecular formula is C23H36N6S. The van der Waals surface area contributed by atoms with Crippen LogP contribution in [0.2, 0.25) is 0 Å². The lowest BCUT2D eigenvalue weighted by Gasteiger charge is -2.34. The number of aromatic nitrogens is 1. The van der Waals surface area contributed by atoms with Crippen LogP contribution in [-0.4, -0.2) is 67.1 Å². The van der Waals surface area contributed by atoms with Crippen LogP contribution in [0.1, 0.15) is 34.0 Å². The highest BCUT2D eigenvalue weighted by molar-refractivity contribution is 7.11. The van der Waals surface area contributed by atoms with Crippen molar-refractivity contribution < 1.29 is 0 Å². The lowest BCUT2D eigenvalue weighted by molar-refractivity contribution is 0.126. The fraction of sp³-hybridized carbons (Fsp3) is 0.565. The number of hydrogen-bond donors (Lipinski definition) is 2. The summed E-state index contributed by atoms with van der Waals surface area (Å²) in [6, 6.07) is 10.8. The molecule has 0 bridgehead atoms. The van der Waals surface area contributed by atoms with E-state index in [4.69, 9.17) is 0 Å². The number of thiazole rings is 1. The van der Waals surface area contributed by atoms with Crippen LogP contribution in [0.15, 0.2) is 35.3 Å². The van der Waals surface area contributed by atoms with Crippen LogP contribution in [0.4, 0.5) is 0 Å². The molecule has 0 radical (unpaired) electrons. The van der Waals surface area contributed by atoms with Gasteiger partial charge in [0, 0.05) is 51.2 Å². The van der Waals surface area contributed by atoms with E-state index in [1.54, 1.807) is 11.3 Å². The smallest absolute Gasteiger partial charge is 0.191 e. The maximum atomic E-state index is 4.48. The van der Waals surface area contributed by atoms with E-state index < -0.39 is 0 Å². The molecule has 7 heteroatoms. The Morgan fingerprint density at radius 3 is 2.43 bits per heavy atom. The number of nitrogens with zero attached hydrogens (tertiary/aromatic N) is 4. The SMILES string of the molecule is CN=C(NCCCCN1CCN(Cc2ccccc2)CC1)NCc1sc(C)nc1C. The largest absolute Gasteiger partial charge is 0.356 e. The maximum absolute atomic E-state index is 4.48. The number of nitrogens with one attached hydrogen (secondary N) is 2. The first-order valence-corrected chi connectivity index (χ1v) is 11.8. The molecule has 1 fully saturated rings. The van der Waals surface area contributed by atoms with E-state index in [2.05, 4.69) is 74.6 Å². The van der Waals surface area contributed by atoms with Crippen molar-refractivity contribution >= 4 is 17.3 Å². The van der Waals surface area contributed by atoms with E-state index in [1.165, 1.54) is 49.6 Å². The highest BCUT2D eigenvalue weighted by atomic mass is 32.1. The minimum absolute atomic E-state index is 0.782. The van der Waals surface area contributed by atoms with Gasteiger partial charge in [0.25, 0.3) is 0 Å². The van der Waals surface area contributed by atoms with E-state index in [0.717, 1.165) is 42.7 Å². The van der Waals surface area contributed by atoms with Crippen LogP contribution < -0.4 is 10.6 Å². The molecule has 2 N–H and O–H groups in total. The summed E-state index contributed by atoms with van der Waals surface area (Å²) >= 11 is 1.75. The van der Waals surface area contributed by atoms with E-state index in [1.807, 2.05) is 7.05 Å². The molecule has 164 valence electrons. The van der Waals surface area contributed by atoms with Crippen molar-refractivity contribution in [3.63, 3.8) is 0 Å². The van der Waals surface area contributed by atoms with E-state index in [0.29, 0.717) is 0 Å². The van der Waals surface area contributed by atoms with Gasteiger partial charge >= 0.3 is 0 Å². The van der Waals surface area contributed by atoms with Crippen molar-refractivity contribution in [2.45, 2.75) is 39.8 Å². The lowest BCUT2D eigenvalue weighted by Crippen LogP contribution is -2.46. The van der Waals surface area contributed by atoms with Gasteiger partial charge in [-0.2, -0.15) is 0 Å². The molecule has 0 atom stereocenters. The van der Waals surface area contributed by atoms with E-state index in [-0.39, 0.29) is 0 Å². The van der Waals surface area contributed by atoms with Gasteiger partial charge in [-0.1, -0.05) is 30.3 Å². The summed E-state index contributed by atoms with van der Waals surface area (Å²) in [6.07, 6.45) is 2.37. The number of guanidine groups is 1. The molecule has 2 heterocycles. The van der Waals surface area contributed by atoms with Gasteiger partial charge in [-0.05, 0) is 38.8 Å². The molecule has 30 heavy (non-hydrogen) atoms. The zero-order chi connectivity index (χ0) is 21.2. The van der Waals surface area contributed by atoms with Crippen molar-refractivity contribution in [2.24, 2.45) is 4.99 Å². The monoisotopic (exact) mass is 428 g/mol. The summed E-state index contributed by atoms with van der Waals surface area (Å²) < 4.78 is 0. The Morgan fingerprint density at radius 2 is 1.77 bits per heavy atom. The number of unbranched alkanes of at least 4 members (excludes halogenated alkanes) is 1. The molecule has 0 saturated carbocycles. The van der Waals surface area contributed by atoms with Gasteiger partial charge in [0.1, 0.15) is 0 Å². The third kappa shape index (κ3) is 7.38. The second-order valence-corrected chi connectivity index (χ2v) is 9.19. The summed E-state index contributed by atoms with van der Waals surface area (Å²) in [4.78, 5) is 15.3. The second-order valence-electron chi connectivity index (χ2n) is 7.90. The molecular weight excluding hydrogens is 392 g/mol. The van der Waals surface area contributed by atoms with Crippen LogP contribution in [0, 0.1) is 13.8 Å². The van der Waals surface area contributed by atoms with Crippen LogP contribution in [0.3, 0.4) is 0 Å². The normalized spacial score (nSPS) is 16.0. The standard InChI is InChI=1S/C23H36N6S/c1-19-22(30-20(2)27-19)17-26-23(24-3)25-11-7-8-12-28-13-15-29(16-14-28)18-21-9-5-4-6-10-21/h4-6,9-10H,7-8,11-18H2,1-3H3,(H2,24,25,26). The highest BCUT2D eigenvalue weighted by Crippen LogP contribution is 2.16. The molecule has 0 aliphatic carbocycles. The number of hydrogen-bond acceptors (Lipinski definition) is 5. The fourth-order valence-corrected chi connectivity index (χ4v) is 4.68. The van der Waals surface area contributed by atoms with Gasteiger partial charge in [0.05, 0.1) is 17.2 Å². The number of piperazine rings is 1. The zero-order valence-corrected chi connectivity index (χ0v) is 19.5. The first kappa shape index (κ1) is 22.7. The molecule has 6 nitrogen and oxygen atoms in total. The average Bonchev–Trinajstić information content (AvgIpc) is 3.09. The molecule has 1 aliphatic heterocycles. The fourth-order valence-electron chi connectivity index (χ4n) is 3.80. The first-order valence-electron chi connectivity index (χ1n) is 11.0. The summed E-state index contributed by atoms with van der Waals surface area (Å²) in [5.41, 5.74) is 2.53. The number of aliphatic imine (C=N–C) groups is 1. The van der Waals surface area contributed by atoms with Crippen molar-refractivity contribution in [3.8, 4) is 0 Å². The Labute approximate surface area is 185 Å². The van der Waals surface area contributed by atoms with Gasteiger partial charge in [-0.3, -0.25) is 9.89 Å². The van der Waals surface area contributed by atoms with Gasteiger partial charge in [0.15, 0.2) is 5.96 Å². The maximum Gasteiger partial charge on any atom is 0.191 e.